The summed E-state index contributed by atoms with van der Waals surface area (Å²) in [4.78, 5) is 4.34. The average Bonchev–Trinajstić information content (AvgIpc) is 1.98. The number of rotatable bonds is 4. The summed E-state index contributed by atoms with van der Waals surface area (Å²) < 4.78 is 0. The van der Waals surface area contributed by atoms with Crippen LogP contribution in [-0.4, -0.2) is 16.4 Å². The molecule has 1 aromatic heterocycles. The predicted molar refractivity (Wildman–Crippen MR) is 66.7 cm³/mol. The third kappa shape index (κ3) is 4.52. The zero-order valence-corrected chi connectivity index (χ0v) is 10.6. The molecule has 0 saturated heterocycles. The van der Waals surface area contributed by atoms with E-state index in [4.69, 9.17) is 11.6 Å². The Balaban J connectivity index is 2.63. The fraction of sp³-hybridized carbons (Fsp3) is 0.583. The van der Waals surface area contributed by atoms with Gasteiger partial charge < -0.3 is 5.32 Å². The maximum Gasteiger partial charge on any atom is 0.0396 e. The Bertz CT molecular complexity index is 303. The second-order valence-electron chi connectivity index (χ2n) is 4.20. The highest BCUT2D eigenvalue weighted by atomic mass is 35.5. The summed E-state index contributed by atoms with van der Waals surface area (Å²) in [5, 5.41) is 3.64. The van der Waals surface area contributed by atoms with Gasteiger partial charge in [0.15, 0.2) is 0 Å². The summed E-state index contributed by atoms with van der Waals surface area (Å²) in [6.07, 6.45) is 0.960. The molecule has 2 unspecified atom stereocenters. The largest absolute Gasteiger partial charge is 0.382 e. The van der Waals surface area contributed by atoms with Crippen LogP contribution in [-0.2, 0) is 0 Å². The van der Waals surface area contributed by atoms with E-state index in [9.17, 15) is 0 Å². The maximum atomic E-state index is 5.95. The van der Waals surface area contributed by atoms with Crippen molar-refractivity contribution < 1.29 is 0 Å². The Morgan fingerprint density at radius 2 is 1.80 bits per heavy atom. The molecular weight excluding hydrogens is 208 g/mol. The van der Waals surface area contributed by atoms with Gasteiger partial charge in [0.05, 0.1) is 0 Å². The van der Waals surface area contributed by atoms with Gasteiger partial charge in [-0.3, -0.25) is 4.98 Å². The Morgan fingerprint density at radius 3 is 2.27 bits per heavy atom. The maximum absolute atomic E-state index is 5.95. The second-order valence-corrected chi connectivity index (χ2v) is 4.95. The lowest BCUT2D eigenvalue weighted by atomic mass is 10.2. The number of aryl methyl sites for hydroxylation is 2. The number of aromatic nitrogens is 1. The number of alkyl halides is 1. The van der Waals surface area contributed by atoms with Crippen LogP contribution in [0.3, 0.4) is 0 Å². The molecule has 1 N–H and O–H groups in total. The zero-order valence-electron chi connectivity index (χ0n) is 9.84. The summed E-state index contributed by atoms with van der Waals surface area (Å²) in [6.45, 7) is 8.17. The van der Waals surface area contributed by atoms with Gasteiger partial charge in [-0.15, -0.1) is 11.6 Å². The fourth-order valence-electron chi connectivity index (χ4n) is 1.75. The smallest absolute Gasteiger partial charge is 0.0396 e. The average molecular weight is 227 g/mol. The van der Waals surface area contributed by atoms with Crippen LogP contribution in [0.1, 0.15) is 31.7 Å². The molecule has 3 heteroatoms. The molecule has 15 heavy (non-hydrogen) atoms. The molecule has 0 bridgehead atoms. The van der Waals surface area contributed by atoms with Crippen LogP contribution in [0.15, 0.2) is 12.1 Å². The molecule has 0 aromatic carbocycles. The van der Waals surface area contributed by atoms with Gasteiger partial charge in [-0.25, -0.2) is 0 Å². The van der Waals surface area contributed by atoms with Crippen molar-refractivity contribution in [1.29, 1.82) is 0 Å². The van der Waals surface area contributed by atoms with E-state index in [-0.39, 0.29) is 5.38 Å². The first-order chi connectivity index (χ1) is 6.97. The molecule has 1 heterocycles. The normalized spacial score (nSPS) is 14.7. The highest BCUT2D eigenvalue weighted by Crippen LogP contribution is 2.14. The monoisotopic (exact) mass is 226 g/mol. The number of hydrogen-bond acceptors (Lipinski definition) is 2. The summed E-state index contributed by atoms with van der Waals surface area (Å²) in [5.74, 6) is 0. The predicted octanol–water partition coefficient (Wildman–Crippen LogP) is 3.52. The van der Waals surface area contributed by atoms with E-state index in [2.05, 4.69) is 29.4 Å². The molecule has 0 aliphatic rings. The quantitative estimate of drug-likeness (QED) is 0.795. The van der Waals surface area contributed by atoms with E-state index in [0.717, 1.165) is 23.5 Å². The van der Waals surface area contributed by atoms with Crippen LogP contribution in [0, 0.1) is 13.8 Å². The molecule has 0 radical (unpaired) electrons. The second kappa shape index (κ2) is 5.36. The van der Waals surface area contributed by atoms with Crippen LogP contribution in [0.25, 0.3) is 0 Å². The van der Waals surface area contributed by atoms with Gasteiger partial charge in [0.2, 0.25) is 0 Å². The first-order valence-electron chi connectivity index (χ1n) is 5.33. The van der Waals surface area contributed by atoms with Crippen molar-refractivity contribution in [3.05, 3.63) is 23.5 Å². The van der Waals surface area contributed by atoms with Crippen LogP contribution in [0.5, 0.6) is 0 Å². The highest BCUT2D eigenvalue weighted by Gasteiger charge is 2.06. The van der Waals surface area contributed by atoms with Gasteiger partial charge in [-0.05, 0) is 46.2 Å². The van der Waals surface area contributed by atoms with Gasteiger partial charge in [-0.2, -0.15) is 0 Å². The van der Waals surface area contributed by atoms with Crippen molar-refractivity contribution >= 4 is 17.3 Å². The first kappa shape index (κ1) is 12.3. The van der Waals surface area contributed by atoms with Gasteiger partial charge in [0.1, 0.15) is 0 Å². The lowest BCUT2D eigenvalue weighted by Crippen LogP contribution is -2.18. The Morgan fingerprint density at radius 1 is 1.27 bits per heavy atom. The van der Waals surface area contributed by atoms with Crippen LogP contribution >= 0.6 is 11.6 Å². The Hall–Kier alpha value is -0.760. The summed E-state index contributed by atoms with van der Waals surface area (Å²) >= 11 is 5.95. The number of hydrogen-bond donors (Lipinski definition) is 1. The lowest BCUT2D eigenvalue weighted by molar-refractivity contribution is 0.696. The topological polar surface area (TPSA) is 24.9 Å². The molecule has 2 nitrogen and oxygen atoms in total. The van der Waals surface area contributed by atoms with E-state index >= 15 is 0 Å². The minimum absolute atomic E-state index is 0.205. The van der Waals surface area contributed by atoms with Crippen molar-refractivity contribution in [2.24, 2.45) is 0 Å². The van der Waals surface area contributed by atoms with Crippen molar-refractivity contribution in [2.45, 2.75) is 45.5 Å². The van der Waals surface area contributed by atoms with Crippen LogP contribution in [0.4, 0.5) is 5.69 Å². The SMILES string of the molecule is Cc1cc(NC(C)CC(C)Cl)cc(C)n1. The minimum atomic E-state index is 0.205. The van der Waals surface area contributed by atoms with Crippen molar-refractivity contribution in [1.82, 2.24) is 4.98 Å². The van der Waals surface area contributed by atoms with E-state index in [1.807, 2.05) is 20.8 Å². The first-order valence-corrected chi connectivity index (χ1v) is 5.77. The Labute approximate surface area is 97.1 Å². The van der Waals surface area contributed by atoms with Gasteiger partial charge in [-0.1, -0.05) is 0 Å². The number of anilines is 1. The highest BCUT2D eigenvalue weighted by molar-refractivity contribution is 6.20. The molecule has 0 saturated carbocycles. The molecule has 0 fully saturated rings. The minimum Gasteiger partial charge on any atom is -0.382 e. The van der Waals surface area contributed by atoms with Crippen LogP contribution in [0.2, 0.25) is 0 Å². The molecule has 84 valence electrons. The van der Waals surface area contributed by atoms with Crippen molar-refractivity contribution in [3.8, 4) is 0 Å². The molecular formula is C12H19ClN2. The zero-order chi connectivity index (χ0) is 11.4. The third-order valence-corrected chi connectivity index (χ3v) is 2.35. The van der Waals surface area contributed by atoms with Crippen molar-refractivity contribution in [2.75, 3.05) is 5.32 Å². The summed E-state index contributed by atoms with van der Waals surface area (Å²) in [7, 11) is 0. The molecule has 0 amide bonds. The molecule has 0 spiro atoms. The number of halogens is 1. The van der Waals surface area contributed by atoms with Gasteiger partial charge in [0.25, 0.3) is 0 Å². The Kier molecular flexibility index (Phi) is 4.40. The molecule has 1 rings (SSSR count). The molecule has 2 atom stereocenters. The standard InChI is InChI=1S/C12H19ClN2/c1-8(13)5-9(2)15-12-6-10(3)14-11(4)7-12/h6-9H,5H2,1-4H3,(H,14,15). The summed E-state index contributed by atoms with van der Waals surface area (Å²) in [5.41, 5.74) is 3.22. The molecule has 0 aliphatic heterocycles. The lowest BCUT2D eigenvalue weighted by Gasteiger charge is -2.16. The number of nitrogens with zero attached hydrogens (tertiary/aromatic N) is 1. The van der Waals surface area contributed by atoms with Crippen molar-refractivity contribution in [3.63, 3.8) is 0 Å². The van der Waals surface area contributed by atoms with E-state index in [1.54, 1.807) is 0 Å². The number of pyridine rings is 1. The molecule has 1 aromatic rings. The molecule has 0 aliphatic carbocycles. The third-order valence-electron chi connectivity index (χ3n) is 2.17. The fourth-order valence-corrected chi connectivity index (χ4v) is 2.02. The summed E-state index contributed by atoms with van der Waals surface area (Å²) in [6, 6.07) is 4.50. The van der Waals surface area contributed by atoms with Gasteiger partial charge in [0, 0.05) is 28.5 Å². The number of nitrogens with one attached hydrogen (secondary N) is 1. The van der Waals surface area contributed by atoms with E-state index < -0.39 is 0 Å². The van der Waals surface area contributed by atoms with E-state index in [0.29, 0.717) is 6.04 Å². The van der Waals surface area contributed by atoms with E-state index in [1.165, 1.54) is 0 Å². The van der Waals surface area contributed by atoms with Crippen LogP contribution < -0.4 is 5.32 Å². The van der Waals surface area contributed by atoms with Gasteiger partial charge >= 0.3 is 0 Å².